The van der Waals surface area contributed by atoms with Gasteiger partial charge in [-0.1, -0.05) is 78.9 Å². The Morgan fingerprint density at radius 3 is 1.79 bits per heavy atom. The lowest BCUT2D eigenvalue weighted by molar-refractivity contribution is -0.153. The van der Waals surface area contributed by atoms with Crippen LogP contribution >= 0.6 is 0 Å². The predicted molar refractivity (Wildman–Crippen MR) is 236 cm³/mol. The van der Waals surface area contributed by atoms with Crippen LogP contribution in [-0.2, 0) is 4.74 Å². The highest BCUT2D eigenvalue weighted by molar-refractivity contribution is 5.25. The van der Waals surface area contributed by atoms with Crippen molar-refractivity contribution in [3.8, 4) is 0 Å². The van der Waals surface area contributed by atoms with E-state index in [1.807, 2.05) is 0 Å². The molecule has 0 radical (unpaired) electrons. The molecule has 322 valence electrons. The minimum atomic E-state index is -0.556. The van der Waals surface area contributed by atoms with Gasteiger partial charge in [-0.15, -0.1) is 0 Å². The van der Waals surface area contributed by atoms with Gasteiger partial charge in [-0.25, -0.2) is 0 Å². The van der Waals surface area contributed by atoms with Gasteiger partial charge in [0.1, 0.15) is 0 Å². The molecule has 2 heteroatoms. The van der Waals surface area contributed by atoms with Crippen molar-refractivity contribution < 1.29 is 9.84 Å². The monoisotopic (exact) mass is 783 g/mol. The van der Waals surface area contributed by atoms with Crippen molar-refractivity contribution in [1.82, 2.24) is 0 Å². The van der Waals surface area contributed by atoms with Crippen molar-refractivity contribution in [2.24, 2.45) is 117 Å². The van der Waals surface area contributed by atoms with E-state index in [2.05, 4.69) is 47.6 Å². The maximum Gasteiger partial charge on any atom is 0.154 e. The third-order valence-electron chi connectivity index (χ3n) is 21.4. The van der Waals surface area contributed by atoms with Gasteiger partial charge in [0, 0.05) is 0 Å². The lowest BCUT2D eigenvalue weighted by Gasteiger charge is -2.58. The fourth-order valence-electron chi connectivity index (χ4n) is 17.0. The summed E-state index contributed by atoms with van der Waals surface area (Å²) >= 11 is 0. The summed E-state index contributed by atoms with van der Waals surface area (Å²) in [5.41, 5.74) is 2.64. The highest BCUT2D eigenvalue weighted by atomic mass is 16.6. The van der Waals surface area contributed by atoms with Crippen LogP contribution < -0.4 is 0 Å². The number of fused-ring (bicyclic) bond motifs is 5. The van der Waals surface area contributed by atoms with Crippen molar-refractivity contribution in [3.63, 3.8) is 0 Å². The van der Waals surface area contributed by atoms with Crippen molar-refractivity contribution in [2.45, 2.75) is 214 Å². The zero-order valence-electron chi connectivity index (χ0n) is 38.2. The van der Waals surface area contributed by atoms with Crippen LogP contribution in [0.25, 0.3) is 0 Å². The Bertz CT molecular complexity index is 1430. The summed E-state index contributed by atoms with van der Waals surface area (Å²) in [5, 5.41) is 11.1. The third-order valence-corrected chi connectivity index (χ3v) is 21.4. The standard InChI is InChI=1S/C55H90O2/c1-7-35-21-37(35)23-39-25-41(39)27-43-29-45(43)31-46-30-44(46)28-42-26-40(42)24-38-22-36(38)11-16-53(56)57-48-17-19-54(5)47(32-48)12-13-49-51-15-14-50(34(4)10-8-9-33(2)3)55(51,6)20-18-52(49)54/h12,33-46,48-53,56H,7-11,13-32H2,1-6H3. The predicted octanol–water partition coefficient (Wildman–Crippen LogP) is 14.7. The van der Waals surface area contributed by atoms with E-state index in [1.54, 1.807) is 63.4 Å². The van der Waals surface area contributed by atoms with Gasteiger partial charge < -0.3 is 9.84 Å². The van der Waals surface area contributed by atoms with E-state index in [-0.39, 0.29) is 6.10 Å². The van der Waals surface area contributed by atoms with Crippen LogP contribution in [0.3, 0.4) is 0 Å². The van der Waals surface area contributed by atoms with Gasteiger partial charge >= 0.3 is 0 Å². The lowest BCUT2D eigenvalue weighted by atomic mass is 9.47. The molecule has 10 aliphatic carbocycles. The Morgan fingerprint density at radius 1 is 0.649 bits per heavy atom. The van der Waals surface area contributed by atoms with Gasteiger partial charge in [-0.3, -0.25) is 0 Å². The van der Waals surface area contributed by atoms with E-state index in [9.17, 15) is 5.11 Å². The first-order chi connectivity index (χ1) is 27.5. The van der Waals surface area contributed by atoms with E-state index in [0.29, 0.717) is 10.8 Å². The number of aliphatic hydroxyl groups is 1. The zero-order chi connectivity index (χ0) is 39.2. The Labute approximate surface area is 352 Å². The van der Waals surface area contributed by atoms with Crippen molar-refractivity contribution in [3.05, 3.63) is 11.6 Å². The van der Waals surface area contributed by atoms with Crippen LogP contribution in [0.1, 0.15) is 202 Å². The average Bonchev–Trinajstić information content (AvgIpc) is 3.92. The summed E-state index contributed by atoms with van der Waals surface area (Å²) in [6, 6.07) is 0. The van der Waals surface area contributed by atoms with E-state index >= 15 is 0 Å². The van der Waals surface area contributed by atoms with Crippen LogP contribution in [-0.4, -0.2) is 17.5 Å². The summed E-state index contributed by atoms with van der Waals surface area (Å²) in [7, 11) is 0. The van der Waals surface area contributed by atoms with Crippen LogP contribution in [0, 0.1) is 117 Å². The maximum absolute atomic E-state index is 11.1. The smallest absolute Gasteiger partial charge is 0.154 e. The summed E-state index contributed by atoms with van der Waals surface area (Å²) in [4.78, 5) is 0. The fraction of sp³-hybridized carbons (Fsp3) is 0.964. The van der Waals surface area contributed by atoms with Crippen LogP contribution in [0.5, 0.6) is 0 Å². The third kappa shape index (κ3) is 8.84. The molecule has 0 aromatic carbocycles. The molecular weight excluding hydrogens is 693 g/mol. The number of ether oxygens (including phenoxy) is 1. The number of allylic oxidation sites excluding steroid dienone is 1. The van der Waals surface area contributed by atoms with Crippen molar-refractivity contribution in [1.29, 1.82) is 0 Å². The first-order valence-corrected chi connectivity index (χ1v) is 26.5. The Balaban J connectivity index is 0.597. The summed E-state index contributed by atoms with van der Waals surface area (Å²) in [6.45, 7) is 15.2. The molecule has 10 aliphatic rings. The molecule has 0 aliphatic heterocycles. The first-order valence-electron chi connectivity index (χ1n) is 26.5. The largest absolute Gasteiger partial charge is 0.368 e. The number of aliphatic hydroxyl groups excluding tert-OH is 1. The van der Waals surface area contributed by atoms with Gasteiger partial charge in [-0.05, 0) is 252 Å². The lowest BCUT2D eigenvalue weighted by Crippen LogP contribution is -2.51. The summed E-state index contributed by atoms with van der Waals surface area (Å²) in [6.07, 6.45) is 38.0. The molecular formula is C55H90O2. The van der Waals surface area contributed by atoms with Crippen LogP contribution in [0.15, 0.2) is 11.6 Å². The number of hydrogen-bond donors (Lipinski definition) is 1. The average molecular weight is 783 g/mol. The normalized spacial score (nSPS) is 51.0. The van der Waals surface area contributed by atoms with Gasteiger partial charge in [-0.2, -0.15) is 0 Å². The van der Waals surface area contributed by atoms with E-state index in [0.717, 1.165) is 126 Å². The molecule has 0 heterocycles. The molecule has 2 nitrogen and oxygen atoms in total. The van der Waals surface area contributed by atoms with Crippen molar-refractivity contribution >= 4 is 0 Å². The Kier molecular flexibility index (Phi) is 11.5. The van der Waals surface area contributed by atoms with Gasteiger partial charge in [0.2, 0.25) is 0 Å². The molecule has 57 heavy (non-hydrogen) atoms. The van der Waals surface area contributed by atoms with Gasteiger partial charge in [0.05, 0.1) is 6.10 Å². The Morgan fingerprint density at radius 2 is 1.21 bits per heavy atom. The SMILES string of the molecule is CCC1CC1CC1CC1CC1CC1CC1CC1CC1CC1CC1CC1CCC(O)OC1CCC2(C)C(=CCC3C2CCC2(C)C(C(C)CCCC(C)C)CCC32)C1. The highest BCUT2D eigenvalue weighted by Crippen LogP contribution is 2.68. The highest BCUT2D eigenvalue weighted by Gasteiger charge is 2.59. The molecule has 0 amide bonds. The molecule has 0 bridgehead atoms. The second kappa shape index (κ2) is 16.1. The zero-order valence-corrected chi connectivity index (χ0v) is 38.2. The number of hydrogen-bond acceptors (Lipinski definition) is 2. The van der Waals surface area contributed by atoms with E-state index < -0.39 is 6.29 Å². The molecule has 0 saturated heterocycles. The topological polar surface area (TPSA) is 29.5 Å². The van der Waals surface area contributed by atoms with E-state index in [1.165, 1.54) is 83.5 Å². The first kappa shape index (κ1) is 40.7. The molecule has 0 aromatic rings. The van der Waals surface area contributed by atoms with Crippen LogP contribution in [0.4, 0.5) is 0 Å². The van der Waals surface area contributed by atoms with Crippen molar-refractivity contribution in [2.75, 3.05) is 0 Å². The molecule has 9 saturated carbocycles. The van der Waals surface area contributed by atoms with Gasteiger partial charge in [0.15, 0.2) is 6.29 Å². The molecule has 10 rings (SSSR count). The number of rotatable bonds is 21. The van der Waals surface area contributed by atoms with Gasteiger partial charge in [0.25, 0.3) is 0 Å². The second-order valence-electron chi connectivity index (χ2n) is 25.4. The minimum Gasteiger partial charge on any atom is -0.368 e. The molecule has 21 unspecified atom stereocenters. The second-order valence-corrected chi connectivity index (χ2v) is 25.4. The molecule has 21 atom stereocenters. The molecule has 1 N–H and O–H groups in total. The van der Waals surface area contributed by atoms with Crippen LogP contribution in [0.2, 0.25) is 0 Å². The Hall–Kier alpha value is -0.340. The molecule has 9 fully saturated rings. The fourth-order valence-corrected chi connectivity index (χ4v) is 17.0. The summed E-state index contributed by atoms with van der Waals surface area (Å²) in [5.74, 6) is 18.4. The van der Waals surface area contributed by atoms with E-state index in [4.69, 9.17) is 4.74 Å². The molecule has 0 aromatic heterocycles. The quantitative estimate of drug-likeness (QED) is 0.0928. The minimum absolute atomic E-state index is 0.225. The summed E-state index contributed by atoms with van der Waals surface area (Å²) < 4.78 is 6.48. The maximum atomic E-state index is 11.1. The molecule has 0 spiro atoms.